The second-order valence-corrected chi connectivity index (χ2v) is 10.2. The normalized spacial score (nSPS) is 22.2. The van der Waals surface area contributed by atoms with Crippen molar-refractivity contribution in [2.75, 3.05) is 25.6 Å². The molecule has 3 unspecified atom stereocenters. The van der Waals surface area contributed by atoms with Gasteiger partial charge in [-0.15, -0.1) is 0 Å². The number of benzene rings is 1. The Morgan fingerprint density at radius 2 is 1.87 bits per heavy atom. The van der Waals surface area contributed by atoms with Gasteiger partial charge in [0.25, 0.3) is 0 Å². The van der Waals surface area contributed by atoms with Crippen LogP contribution in [0.2, 0.25) is 0 Å². The number of ketones is 3. The molecule has 200 valence electrons. The van der Waals surface area contributed by atoms with Crippen LogP contribution in [0.25, 0.3) is 0 Å². The second-order valence-electron chi connectivity index (χ2n) is 10.2. The molecule has 1 aromatic rings. The second kappa shape index (κ2) is 10.4. The molecule has 4 rings (SSSR count). The molecule has 0 heterocycles. The molecule has 1 aromatic carbocycles. The van der Waals surface area contributed by atoms with Gasteiger partial charge in [-0.05, 0) is 49.7 Å². The Bertz CT molecular complexity index is 1370. The van der Waals surface area contributed by atoms with Gasteiger partial charge in [0.2, 0.25) is 0 Å². The zero-order valence-corrected chi connectivity index (χ0v) is 21.9. The van der Waals surface area contributed by atoms with Gasteiger partial charge >= 0.3 is 5.97 Å². The molecule has 3 aliphatic carbocycles. The molecule has 0 aliphatic heterocycles. The number of phenolic OH excluding ortho intramolecular Hbond substituents is 1. The first-order valence-electron chi connectivity index (χ1n) is 12.7. The Morgan fingerprint density at radius 1 is 1.16 bits per heavy atom. The third-order valence-electron chi connectivity index (χ3n) is 7.48. The van der Waals surface area contributed by atoms with Gasteiger partial charge in [-0.2, -0.15) is 0 Å². The summed E-state index contributed by atoms with van der Waals surface area (Å²) in [4.78, 5) is 52.7. The highest BCUT2D eigenvalue weighted by molar-refractivity contribution is 6.22. The van der Waals surface area contributed by atoms with E-state index in [1.807, 2.05) is 6.92 Å². The van der Waals surface area contributed by atoms with E-state index in [1.165, 1.54) is 6.92 Å². The number of aliphatic hydroxyl groups is 2. The standard InChI is InChI=1S/C29H31NO8/c1-5-6-9-38-21(33)8-7-15-12-19(30(3)4)18-11-16-10-17-13-20(32)22(14(2)31)27(35)24(17)28(36)23(16)29(37)25(18)26(15)34/h12,16-17,24,32,34,36H,5-6,9-11,13H2,1-4H3. The van der Waals surface area contributed by atoms with Crippen molar-refractivity contribution in [3.63, 3.8) is 0 Å². The van der Waals surface area contributed by atoms with Crippen molar-refractivity contribution in [3.8, 4) is 17.6 Å². The maximum atomic E-state index is 13.8. The summed E-state index contributed by atoms with van der Waals surface area (Å²) in [6.45, 7) is 3.36. The van der Waals surface area contributed by atoms with E-state index in [2.05, 4.69) is 11.8 Å². The Hall–Kier alpha value is -4.06. The van der Waals surface area contributed by atoms with Crippen LogP contribution in [0.1, 0.15) is 61.0 Å². The number of hydrogen-bond donors (Lipinski definition) is 3. The van der Waals surface area contributed by atoms with Crippen LogP contribution < -0.4 is 4.90 Å². The topological polar surface area (TPSA) is 141 Å². The van der Waals surface area contributed by atoms with Crippen molar-refractivity contribution in [2.24, 2.45) is 17.8 Å². The zero-order chi connectivity index (χ0) is 27.9. The van der Waals surface area contributed by atoms with Crippen LogP contribution in [0.15, 0.2) is 28.7 Å². The Kier molecular flexibility index (Phi) is 7.36. The van der Waals surface area contributed by atoms with Gasteiger partial charge < -0.3 is 25.0 Å². The highest BCUT2D eigenvalue weighted by atomic mass is 16.5. The third kappa shape index (κ3) is 4.55. The summed E-state index contributed by atoms with van der Waals surface area (Å²) < 4.78 is 5.04. The lowest BCUT2D eigenvalue weighted by Crippen LogP contribution is -2.42. The molecule has 9 heteroatoms. The van der Waals surface area contributed by atoms with E-state index in [0.717, 1.165) is 6.42 Å². The molecule has 38 heavy (non-hydrogen) atoms. The molecule has 0 saturated heterocycles. The third-order valence-corrected chi connectivity index (χ3v) is 7.48. The largest absolute Gasteiger partial charge is 0.511 e. The summed E-state index contributed by atoms with van der Waals surface area (Å²) in [5, 5.41) is 32.7. The molecule has 0 bridgehead atoms. The minimum atomic E-state index is -1.11. The molecule has 0 saturated carbocycles. The number of esters is 1. The number of ether oxygens (including phenoxy) is 1. The maximum Gasteiger partial charge on any atom is 0.384 e. The number of aliphatic hydroxyl groups excluding tert-OH is 2. The van der Waals surface area contributed by atoms with Gasteiger partial charge in [0.15, 0.2) is 17.3 Å². The SMILES string of the molecule is CCCCOC(=O)C#Cc1cc(N(C)C)c2c(c1O)C(=O)C1=C(O)C3C(=O)C(C(C)=O)=C(O)CC3CC1C2. The van der Waals surface area contributed by atoms with E-state index in [1.54, 1.807) is 25.1 Å². The number of phenols is 1. The molecule has 0 aromatic heterocycles. The summed E-state index contributed by atoms with van der Waals surface area (Å²) in [6, 6.07) is 1.60. The number of anilines is 1. The van der Waals surface area contributed by atoms with E-state index in [0.29, 0.717) is 30.5 Å². The van der Waals surface area contributed by atoms with E-state index in [4.69, 9.17) is 4.74 Å². The molecule has 3 N–H and O–H groups in total. The van der Waals surface area contributed by atoms with Crippen molar-refractivity contribution >= 4 is 29.0 Å². The van der Waals surface area contributed by atoms with E-state index in [-0.39, 0.29) is 41.1 Å². The van der Waals surface area contributed by atoms with Crippen LogP contribution in [0.5, 0.6) is 5.75 Å². The van der Waals surface area contributed by atoms with Crippen molar-refractivity contribution in [2.45, 2.75) is 46.0 Å². The highest BCUT2D eigenvalue weighted by Crippen LogP contribution is 2.51. The number of unbranched alkanes of at least 4 members (excludes halogenated alkanes) is 1. The Balaban J connectivity index is 1.80. The summed E-state index contributed by atoms with van der Waals surface area (Å²) in [7, 11) is 3.55. The number of aromatic hydroxyl groups is 1. The fourth-order valence-electron chi connectivity index (χ4n) is 5.76. The first-order valence-corrected chi connectivity index (χ1v) is 12.7. The fourth-order valence-corrected chi connectivity index (χ4v) is 5.76. The van der Waals surface area contributed by atoms with E-state index >= 15 is 0 Å². The van der Waals surface area contributed by atoms with Gasteiger partial charge in [0.05, 0.1) is 29.2 Å². The smallest absolute Gasteiger partial charge is 0.384 e. The number of nitrogens with zero attached hydrogens (tertiary/aromatic N) is 1. The van der Waals surface area contributed by atoms with Gasteiger partial charge in [0, 0.05) is 37.7 Å². The van der Waals surface area contributed by atoms with E-state index < -0.39 is 52.6 Å². The fraction of sp³-hybridized carbons (Fsp3) is 0.448. The van der Waals surface area contributed by atoms with Crippen LogP contribution in [0, 0.1) is 29.6 Å². The average molecular weight is 522 g/mol. The maximum absolute atomic E-state index is 13.8. The van der Waals surface area contributed by atoms with Crippen LogP contribution in [0.3, 0.4) is 0 Å². The predicted molar refractivity (Wildman–Crippen MR) is 138 cm³/mol. The van der Waals surface area contributed by atoms with Crippen molar-refractivity contribution in [3.05, 3.63) is 45.4 Å². The predicted octanol–water partition coefficient (Wildman–Crippen LogP) is 3.33. The Labute approximate surface area is 220 Å². The van der Waals surface area contributed by atoms with Gasteiger partial charge in [-0.3, -0.25) is 14.4 Å². The van der Waals surface area contributed by atoms with Crippen LogP contribution >= 0.6 is 0 Å². The van der Waals surface area contributed by atoms with Crippen molar-refractivity contribution < 1.29 is 39.2 Å². The number of Topliss-reactive ketones (excluding diaryl/α,β-unsaturated/α-hetero) is 3. The average Bonchev–Trinajstić information content (AvgIpc) is 2.82. The zero-order valence-electron chi connectivity index (χ0n) is 21.9. The molecule has 0 spiro atoms. The molecule has 0 radical (unpaired) electrons. The quantitative estimate of drug-likeness (QED) is 0.230. The van der Waals surface area contributed by atoms with Crippen LogP contribution in [-0.2, 0) is 25.5 Å². The minimum absolute atomic E-state index is 0.0282. The number of allylic oxidation sites excluding steroid dienone is 4. The van der Waals surface area contributed by atoms with Crippen LogP contribution in [-0.4, -0.2) is 59.3 Å². The highest BCUT2D eigenvalue weighted by Gasteiger charge is 2.50. The Morgan fingerprint density at radius 3 is 2.50 bits per heavy atom. The molecule has 3 atom stereocenters. The summed E-state index contributed by atoms with van der Waals surface area (Å²) in [6.07, 6.45) is 2.24. The van der Waals surface area contributed by atoms with E-state index in [9.17, 15) is 34.5 Å². The molecular weight excluding hydrogens is 490 g/mol. The molecule has 9 nitrogen and oxygen atoms in total. The number of carbonyl (C=O) groups excluding carboxylic acids is 4. The monoisotopic (exact) mass is 521 g/mol. The summed E-state index contributed by atoms with van der Waals surface area (Å²) in [5.41, 5.74) is 0.893. The number of rotatable bonds is 5. The summed E-state index contributed by atoms with van der Waals surface area (Å²) in [5.74, 6) is -0.865. The number of carbonyl (C=O) groups is 4. The molecular formula is C29H31NO8. The number of fused-ring (bicyclic) bond motifs is 3. The first-order chi connectivity index (χ1) is 18.0. The lowest BCUT2D eigenvalue weighted by molar-refractivity contribution is -0.136. The first kappa shape index (κ1) is 27.0. The molecule has 3 aliphatic rings. The lowest BCUT2D eigenvalue weighted by Gasteiger charge is -2.41. The number of hydrogen-bond acceptors (Lipinski definition) is 9. The molecule has 0 fully saturated rings. The lowest BCUT2D eigenvalue weighted by atomic mass is 9.62. The molecule has 0 amide bonds. The van der Waals surface area contributed by atoms with Gasteiger partial charge in [-0.25, -0.2) is 4.79 Å². The van der Waals surface area contributed by atoms with Gasteiger partial charge in [-0.1, -0.05) is 19.3 Å². The van der Waals surface area contributed by atoms with Gasteiger partial charge in [0.1, 0.15) is 17.3 Å². The summed E-state index contributed by atoms with van der Waals surface area (Å²) >= 11 is 0. The minimum Gasteiger partial charge on any atom is -0.511 e. The van der Waals surface area contributed by atoms with Crippen molar-refractivity contribution in [1.82, 2.24) is 0 Å². The van der Waals surface area contributed by atoms with Crippen molar-refractivity contribution in [1.29, 1.82) is 0 Å². The van der Waals surface area contributed by atoms with Crippen LogP contribution in [0.4, 0.5) is 5.69 Å².